The largest absolute Gasteiger partial charge is 0.496 e. The molecule has 2 N–H and O–H groups in total. The average molecular weight is 568 g/mol. The van der Waals surface area contributed by atoms with Crippen LogP contribution in [0.15, 0.2) is 45.8 Å². The Morgan fingerprint density at radius 1 is 1.17 bits per heavy atom. The van der Waals surface area contributed by atoms with Crippen LogP contribution in [0.2, 0.25) is 0 Å². The van der Waals surface area contributed by atoms with E-state index in [1.807, 2.05) is 25.1 Å². The van der Waals surface area contributed by atoms with Gasteiger partial charge in [0, 0.05) is 36.7 Å². The molecule has 190 valence electrons. The van der Waals surface area contributed by atoms with E-state index in [2.05, 4.69) is 21.2 Å². The van der Waals surface area contributed by atoms with E-state index >= 15 is 0 Å². The van der Waals surface area contributed by atoms with Gasteiger partial charge in [0.15, 0.2) is 9.84 Å². The normalized spacial score (nSPS) is 14.2. The van der Waals surface area contributed by atoms with Crippen molar-refractivity contribution in [2.24, 2.45) is 0 Å². The number of benzene rings is 2. The first-order valence-corrected chi connectivity index (χ1v) is 13.4. The zero-order chi connectivity index (χ0) is 25.9. The topological polar surface area (TPSA) is 116 Å². The van der Waals surface area contributed by atoms with Gasteiger partial charge in [-0.05, 0) is 60.4 Å². The van der Waals surface area contributed by atoms with Crippen LogP contribution in [0, 0.1) is 0 Å². The molecule has 11 heteroatoms. The number of urea groups is 1. The second-order valence-electron chi connectivity index (χ2n) is 8.80. The molecule has 0 aromatic heterocycles. The number of hydrogen-bond donors (Lipinski definition) is 2. The summed E-state index contributed by atoms with van der Waals surface area (Å²) in [7, 11) is 1.09. The van der Waals surface area contributed by atoms with Crippen LogP contribution in [0.25, 0.3) is 0 Å². The molecular formula is C24H30BrN3O6S. The highest BCUT2D eigenvalue weighted by Gasteiger charge is 2.38. The van der Waals surface area contributed by atoms with Gasteiger partial charge in [0.05, 0.1) is 23.8 Å². The van der Waals surface area contributed by atoms with Crippen LogP contribution < -0.4 is 10.1 Å². The van der Waals surface area contributed by atoms with E-state index in [0.717, 1.165) is 20.7 Å². The second-order valence-corrected chi connectivity index (χ2v) is 11.9. The lowest BCUT2D eigenvalue weighted by Crippen LogP contribution is -2.34. The molecule has 0 bridgehead atoms. The Bertz CT molecular complexity index is 1220. The molecule has 9 nitrogen and oxygen atoms in total. The minimum absolute atomic E-state index is 0.0240. The Kier molecular flexibility index (Phi) is 8.32. The van der Waals surface area contributed by atoms with Gasteiger partial charge in [0.25, 0.3) is 0 Å². The first-order chi connectivity index (χ1) is 16.4. The number of sulfone groups is 1. The molecule has 1 saturated carbocycles. The fraction of sp³-hybridized carbons (Fsp3) is 0.417. The number of carboxylic acid groups (broad SMARTS) is 1. The summed E-state index contributed by atoms with van der Waals surface area (Å²) in [5, 5.41) is 11.6. The molecule has 1 unspecified atom stereocenters. The monoisotopic (exact) mass is 567 g/mol. The van der Waals surface area contributed by atoms with E-state index in [4.69, 9.17) is 4.74 Å². The van der Waals surface area contributed by atoms with Crippen molar-refractivity contribution >= 4 is 43.6 Å². The predicted octanol–water partition coefficient (Wildman–Crippen LogP) is 4.77. The number of nitrogens with one attached hydrogen (secondary N) is 1. The summed E-state index contributed by atoms with van der Waals surface area (Å²) in [6, 6.07) is 9.85. The third-order valence-corrected chi connectivity index (χ3v) is 8.79. The summed E-state index contributed by atoms with van der Waals surface area (Å²) < 4.78 is 32.1. The van der Waals surface area contributed by atoms with Gasteiger partial charge in [0.2, 0.25) is 0 Å². The van der Waals surface area contributed by atoms with Crippen LogP contribution in [-0.4, -0.2) is 68.4 Å². The van der Waals surface area contributed by atoms with Crippen molar-refractivity contribution < 1.29 is 27.9 Å². The van der Waals surface area contributed by atoms with Gasteiger partial charge in [-0.1, -0.05) is 22.9 Å². The number of methoxy groups -OCH3 is 1. The van der Waals surface area contributed by atoms with Crippen molar-refractivity contribution in [2.75, 3.05) is 33.1 Å². The maximum Gasteiger partial charge on any atom is 0.407 e. The van der Waals surface area contributed by atoms with Gasteiger partial charge in [-0.15, -0.1) is 0 Å². The first-order valence-electron chi connectivity index (χ1n) is 11.1. The van der Waals surface area contributed by atoms with E-state index < -0.39 is 21.2 Å². The summed E-state index contributed by atoms with van der Waals surface area (Å²) in [6.45, 7) is 2.28. The van der Waals surface area contributed by atoms with E-state index in [-0.39, 0.29) is 23.4 Å². The number of amides is 3. The van der Waals surface area contributed by atoms with Crippen LogP contribution in [0.3, 0.4) is 0 Å². The first kappa shape index (κ1) is 26.8. The summed E-state index contributed by atoms with van der Waals surface area (Å²) >= 11 is 3.47. The minimum atomic E-state index is -3.54. The molecule has 1 aliphatic carbocycles. The standard InChI is InChI=1S/C24H30BrN3O6S/c1-15(20-12-17(25)5-9-21(20)34-4)13-27(2)23(29)26-18-6-10-22(35(32,33)19-7-8-19)16(11-18)14-28(3)24(30)31/h5-6,9-12,15,19H,7-8,13-14H2,1-4H3,(H,26,29)(H,30,31). The molecule has 2 aromatic carbocycles. The number of anilines is 1. The Morgan fingerprint density at radius 2 is 1.86 bits per heavy atom. The van der Waals surface area contributed by atoms with Crippen LogP contribution in [0.4, 0.5) is 15.3 Å². The van der Waals surface area contributed by atoms with Crippen molar-refractivity contribution in [2.45, 2.75) is 42.4 Å². The minimum Gasteiger partial charge on any atom is -0.496 e. The van der Waals surface area contributed by atoms with E-state index in [0.29, 0.717) is 30.6 Å². The lowest BCUT2D eigenvalue weighted by Gasteiger charge is -2.24. The molecule has 0 spiro atoms. The average Bonchev–Trinajstić information content (AvgIpc) is 3.65. The third kappa shape index (κ3) is 6.46. The van der Waals surface area contributed by atoms with Crippen LogP contribution >= 0.6 is 15.9 Å². The van der Waals surface area contributed by atoms with E-state index in [9.17, 15) is 23.1 Å². The molecule has 0 heterocycles. The number of carbonyl (C=O) groups is 2. The molecule has 0 radical (unpaired) electrons. The highest BCUT2D eigenvalue weighted by Crippen LogP contribution is 2.36. The number of carbonyl (C=O) groups excluding carboxylic acids is 1. The van der Waals surface area contributed by atoms with Gasteiger partial charge in [-0.2, -0.15) is 0 Å². The molecule has 35 heavy (non-hydrogen) atoms. The summed E-state index contributed by atoms with van der Waals surface area (Å²) in [6.07, 6.45) is 0.0209. The van der Waals surface area contributed by atoms with E-state index in [1.165, 1.54) is 30.1 Å². The SMILES string of the molecule is COc1ccc(Br)cc1C(C)CN(C)C(=O)Nc1ccc(S(=O)(=O)C2CC2)c(CN(C)C(=O)O)c1. The molecule has 1 aliphatic rings. The molecular weight excluding hydrogens is 538 g/mol. The lowest BCUT2D eigenvalue weighted by atomic mass is 10.00. The molecule has 0 saturated heterocycles. The number of rotatable bonds is 9. The Labute approximate surface area is 214 Å². The Morgan fingerprint density at radius 3 is 2.46 bits per heavy atom. The molecule has 0 aliphatic heterocycles. The van der Waals surface area contributed by atoms with Crippen LogP contribution in [0.1, 0.15) is 36.8 Å². The maximum absolute atomic E-state index is 12.9. The van der Waals surface area contributed by atoms with Gasteiger partial charge < -0.3 is 25.0 Å². The molecule has 3 rings (SSSR count). The fourth-order valence-corrected chi connectivity index (χ4v) is 6.08. The molecule has 2 aromatic rings. The van der Waals surface area contributed by atoms with Gasteiger partial charge in [-0.3, -0.25) is 0 Å². The number of nitrogens with zero attached hydrogens (tertiary/aromatic N) is 2. The van der Waals surface area contributed by atoms with Crippen molar-refractivity contribution in [1.29, 1.82) is 0 Å². The summed E-state index contributed by atoms with van der Waals surface area (Å²) in [5.74, 6) is 0.707. The molecule has 1 atom stereocenters. The lowest BCUT2D eigenvalue weighted by molar-refractivity contribution is 0.153. The number of halogens is 1. The highest BCUT2D eigenvalue weighted by molar-refractivity contribution is 9.10. The maximum atomic E-state index is 12.9. The number of hydrogen-bond acceptors (Lipinski definition) is 5. The highest BCUT2D eigenvalue weighted by atomic mass is 79.9. The zero-order valence-corrected chi connectivity index (χ0v) is 22.5. The third-order valence-electron chi connectivity index (χ3n) is 5.93. The van der Waals surface area contributed by atoms with Crippen molar-refractivity contribution in [1.82, 2.24) is 9.80 Å². The zero-order valence-electron chi connectivity index (χ0n) is 20.1. The Hall–Kier alpha value is -2.79. The van der Waals surface area contributed by atoms with Crippen LogP contribution in [0.5, 0.6) is 5.75 Å². The van der Waals surface area contributed by atoms with Gasteiger partial charge in [0.1, 0.15) is 5.75 Å². The molecule has 1 fully saturated rings. The van der Waals surface area contributed by atoms with Crippen molar-refractivity contribution in [3.8, 4) is 5.75 Å². The number of ether oxygens (including phenoxy) is 1. The Balaban J connectivity index is 1.78. The van der Waals surface area contributed by atoms with Crippen LogP contribution in [-0.2, 0) is 16.4 Å². The van der Waals surface area contributed by atoms with Crippen molar-refractivity contribution in [3.05, 3.63) is 52.0 Å². The molecule has 3 amide bonds. The van der Waals surface area contributed by atoms with Gasteiger partial charge >= 0.3 is 12.1 Å². The smallest absolute Gasteiger partial charge is 0.407 e. The quantitative estimate of drug-likeness (QED) is 0.450. The second kappa shape index (κ2) is 10.9. The van der Waals surface area contributed by atoms with E-state index in [1.54, 1.807) is 14.2 Å². The van der Waals surface area contributed by atoms with Gasteiger partial charge in [-0.25, -0.2) is 18.0 Å². The summed E-state index contributed by atoms with van der Waals surface area (Å²) in [4.78, 5) is 26.9. The predicted molar refractivity (Wildman–Crippen MR) is 137 cm³/mol. The fourth-order valence-electron chi connectivity index (χ4n) is 3.84. The summed E-state index contributed by atoms with van der Waals surface area (Å²) in [5.41, 5.74) is 1.67. The van der Waals surface area contributed by atoms with Crippen molar-refractivity contribution in [3.63, 3.8) is 0 Å². The number of likely N-dealkylation sites (N-methyl/N-ethyl adjacent to an activating group) is 1.